The Bertz CT molecular complexity index is 820. The summed E-state index contributed by atoms with van der Waals surface area (Å²) in [5.41, 5.74) is 3.12. The van der Waals surface area contributed by atoms with Gasteiger partial charge in [0.2, 0.25) is 5.91 Å². The standard InChI is InChI=1S/C18H20FN3O3.ClH/c1-11-16(9-17(23)21-8-7-13(10-21)18(24)25)12(2)22(20-11)15-5-3-14(19)4-6-15;/h3-6,13H,7-10H2,1-2H3,(H,24,25);1H. The number of amides is 1. The third kappa shape index (κ3) is 3.88. The van der Waals surface area contributed by atoms with Crippen molar-refractivity contribution in [1.82, 2.24) is 14.7 Å². The van der Waals surface area contributed by atoms with E-state index in [4.69, 9.17) is 5.11 Å². The third-order valence-corrected chi connectivity index (χ3v) is 4.73. The highest BCUT2D eigenvalue weighted by molar-refractivity contribution is 5.85. The lowest BCUT2D eigenvalue weighted by atomic mass is 10.1. The lowest BCUT2D eigenvalue weighted by molar-refractivity contribution is -0.141. The van der Waals surface area contributed by atoms with Gasteiger partial charge in [-0.1, -0.05) is 0 Å². The van der Waals surface area contributed by atoms with Crippen molar-refractivity contribution >= 4 is 24.3 Å². The number of carboxylic acid groups (broad SMARTS) is 1. The summed E-state index contributed by atoms with van der Waals surface area (Å²) in [7, 11) is 0. The van der Waals surface area contributed by atoms with Crippen LogP contribution in [0, 0.1) is 25.6 Å². The van der Waals surface area contributed by atoms with Crippen LogP contribution in [0.4, 0.5) is 4.39 Å². The predicted molar refractivity (Wildman–Crippen MR) is 96.3 cm³/mol. The summed E-state index contributed by atoms with van der Waals surface area (Å²) in [6, 6.07) is 6.01. The van der Waals surface area contributed by atoms with Gasteiger partial charge in [0.25, 0.3) is 0 Å². The molecule has 1 amide bonds. The molecular weight excluding hydrogens is 361 g/mol. The van der Waals surface area contributed by atoms with Crippen molar-refractivity contribution in [3.63, 3.8) is 0 Å². The maximum atomic E-state index is 13.1. The summed E-state index contributed by atoms with van der Waals surface area (Å²) >= 11 is 0. The molecule has 0 radical (unpaired) electrons. The number of carbonyl (C=O) groups is 2. The number of aryl methyl sites for hydroxylation is 1. The van der Waals surface area contributed by atoms with Crippen LogP contribution in [-0.4, -0.2) is 44.8 Å². The molecule has 1 unspecified atom stereocenters. The minimum Gasteiger partial charge on any atom is -0.481 e. The Morgan fingerprint density at radius 2 is 1.92 bits per heavy atom. The maximum Gasteiger partial charge on any atom is 0.308 e. The third-order valence-electron chi connectivity index (χ3n) is 4.73. The van der Waals surface area contributed by atoms with Crippen LogP contribution in [0.15, 0.2) is 24.3 Å². The van der Waals surface area contributed by atoms with Crippen molar-refractivity contribution in [3.05, 3.63) is 47.0 Å². The second kappa shape index (κ2) is 7.86. The highest BCUT2D eigenvalue weighted by atomic mass is 35.5. The molecular formula is C18H21ClFN3O3. The molecule has 1 aromatic carbocycles. The Morgan fingerprint density at radius 1 is 1.27 bits per heavy atom. The van der Waals surface area contributed by atoms with E-state index in [1.54, 1.807) is 21.7 Å². The SMILES string of the molecule is Cc1nn(-c2ccc(F)cc2)c(C)c1CC(=O)N1CCC(C(=O)O)C1.Cl. The summed E-state index contributed by atoms with van der Waals surface area (Å²) in [6.07, 6.45) is 0.680. The van der Waals surface area contributed by atoms with Gasteiger partial charge >= 0.3 is 5.97 Å². The Hall–Kier alpha value is -2.41. The molecule has 1 fully saturated rings. The van der Waals surface area contributed by atoms with Gasteiger partial charge in [-0.15, -0.1) is 12.4 Å². The van der Waals surface area contributed by atoms with Crippen molar-refractivity contribution in [1.29, 1.82) is 0 Å². The molecule has 0 saturated carbocycles. The highest BCUT2D eigenvalue weighted by Gasteiger charge is 2.31. The van der Waals surface area contributed by atoms with E-state index in [0.717, 1.165) is 22.6 Å². The molecule has 2 heterocycles. The molecule has 0 spiro atoms. The zero-order chi connectivity index (χ0) is 18.1. The number of hydrogen-bond donors (Lipinski definition) is 1. The van der Waals surface area contributed by atoms with Gasteiger partial charge < -0.3 is 10.0 Å². The monoisotopic (exact) mass is 381 g/mol. The Balaban J connectivity index is 0.00000243. The van der Waals surface area contributed by atoms with Crippen molar-refractivity contribution in [3.8, 4) is 5.69 Å². The van der Waals surface area contributed by atoms with Crippen molar-refractivity contribution in [2.75, 3.05) is 13.1 Å². The molecule has 26 heavy (non-hydrogen) atoms. The first kappa shape index (κ1) is 19.9. The van der Waals surface area contributed by atoms with Crippen molar-refractivity contribution in [2.24, 2.45) is 5.92 Å². The molecule has 8 heteroatoms. The van der Waals surface area contributed by atoms with E-state index in [-0.39, 0.29) is 37.1 Å². The lowest BCUT2D eigenvalue weighted by Gasteiger charge is -2.16. The molecule has 140 valence electrons. The van der Waals surface area contributed by atoms with E-state index in [0.29, 0.717) is 13.0 Å². The molecule has 6 nitrogen and oxygen atoms in total. The number of halogens is 2. The number of hydrogen-bond acceptors (Lipinski definition) is 3. The summed E-state index contributed by atoms with van der Waals surface area (Å²) in [4.78, 5) is 25.2. The minimum atomic E-state index is -0.855. The second-order valence-electron chi connectivity index (χ2n) is 6.38. The van der Waals surface area contributed by atoms with Crippen LogP contribution >= 0.6 is 12.4 Å². The first-order valence-electron chi connectivity index (χ1n) is 8.18. The largest absolute Gasteiger partial charge is 0.481 e. The van der Waals surface area contributed by atoms with Gasteiger partial charge in [0.1, 0.15) is 5.82 Å². The highest BCUT2D eigenvalue weighted by Crippen LogP contribution is 2.22. The Morgan fingerprint density at radius 3 is 2.50 bits per heavy atom. The minimum absolute atomic E-state index is 0. The zero-order valence-corrected chi connectivity index (χ0v) is 15.4. The molecule has 2 aromatic rings. The number of nitrogens with zero attached hydrogens (tertiary/aromatic N) is 3. The molecule has 0 bridgehead atoms. The number of carbonyl (C=O) groups excluding carboxylic acids is 1. The molecule has 1 aliphatic rings. The normalized spacial score (nSPS) is 16.4. The van der Waals surface area contributed by atoms with Crippen molar-refractivity contribution in [2.45, 2.75) is 26.7 Å². The Labute approximate surface area is 157 Å². The average Bonchev–Trinajstić information content (AvgIpc) is 3.17. The average molecular weight is 382 g/mol. The van der Waals surface area contributed by atoms with E-state index >= 15 is 0 Å². The van der Waals surface area contributed by atoms with Crippen LogP contribution < -0.4 is 0 Å². The van der Waals surface area contributed by atoms with Crippen LogP contribution in [0.3, 0.4) is 0 Å². The topological polar surface area (TPSA) is 75.4 Å². The van der Waals surface area contributed by atoms with Gasteiger partial charge in [-0.25, -0.2) is 9.07 Å². The first-order chi connectivity index (χ1) is 11.9. The molecule has 1 aliphatic heterocycles. The summed E-state index contributed by atoms with van der Waals surface area (Å²) in [5, 5.41) is 13.5. The number of aromatic nitrogens is 2. The quantitative estimate of drug-likeness (QED) is 0.883. The molecule has 1 N–H and O–H groups in total. The van der Waals surface area contributed by atoms with Gasteiger partial charge in [0.15, 0.2) is 0 Å². The fraction of sp³-hybridized carbons (Fsp3) is 0.389. The van der Waals surface area contributed by atoms with Crippen molar-refractivity contribution < 1.29 is 19.1 Å². The van der Waals surface area contributed by atoms with E-state index in [1.807, 2.05) is 13.8 Å². The van der Waals surface area contributed by atoms with Crippen LogP contribution in [0.2, 0.25) is 0 Å². The van der Waals surface area contributed by atoms with Gasteiger partial charge in [0.05, 0.1) is 23.7 Å². The van der Waals surface area contributed by atoms with Crippen LogP contribution in [0.1, 0.15) is 23.4 Å². The van der Waals surface area contributed by atoms with Crippen LogP contribution in [0.25, 0.3) is 5.69 Å². The number of benzene rings is 1. The summed E-state index contributed by atoms with van der Waals surface area (Å²) in [6.45, 7) is 4.44. The van der Waals surface area contributed by atoms with Gasteiger partial charge in [0, 0.05) is 24.3 Å². The predicted octanol–water partition coefficient (Wildman–Crippen LogP) is 2.53. The zero-order valence-electron chi connectivity index (χ0n) is 14.6. The summed E-state index contributed by atoms with van der Waals surface area (Å²) < 4.78 is 14.8. The van der Waals surface area contributed by atoms with Gasteiger partial charge in [-0.2, -0.15) is 5.10 Å². The van der Waals surface area contributed by atoms with E-state index in [1.165, 1.54) is 12.1 Å². The maximum absolute atomic E-state index is 13.1. The molecule has 1 saturated heterocycles. The first-order valence-corrected chi connectivity index (χ1v) is 8.18. The van der Waals surface area contributed by atoms with E-state index < -0.39 is 11.9 Å². The molecule has 1 aromatic heterocycles. The molecule has 3 rings (SSSR count). The molecule has 0 aliphatic carbocycles. The Kier molecular flexibility index (Phi) is 6.02. The fourth-order valence-corrected chi connectivity index (χ4v) is 3.22. The molecule has 1 atom stereocenters. The van der Waals surface area contributed by atoms with Gasteiger partial charge in [-0.05, 0) is 44.5 Å². The van der Waals surface area contributed by atoms with Crippen LogP contribution in [0.5, 0.6) is 0 Å². The smallest absolute Gasteiger partial charge is 0.308 e. The number of aliphatic carboxylic acids is 1. The van der Waals surface area contributed by atoms with Crippen LogP contribution in [-0.2, 0) is 16.0 Å². The van der Waals surface area contributed by atoms with Gasteiger partial charge in [-0.3, -0.25) is 9.59 Å². The van der Waals surface area contributed by atoms with E-state index in [9.17, 15) is 14.0 Å². The number of carboxylic acids is 1. The second-order valence-corrected chi connectivity index (χ2v) is 6.38. The number of rotatable bonds is 4. The van der Waals surface area contributed by atoms with E-state index in [2.05, 4.69) is 5.10 Å². The lowest BCUT2D eigenvalue weighted by Crippen LogP contribution is -2.31. The summed E-state index contributed by atoms with van der Waals surface area (Å²) in [5.74, 6) is -1.74. The fourth-order valence-electron chi connectivity index (χ4n) is 3.22. The number of likely N-dealkylation sites (tertiary alicyclic amines) is 1.